The summed E-state index contributed by atoms with van der Waals surface area (Å²) in [6.45, 7) is 1.63. The van der Waals surface area contributed by atoms with Crippen molar-refractivity contribution < 1.29 is 27.4 Å². The molecule has 7 nitrogen and oxygen atoms in total. The Kier molecular flexibility index (Phi) is 3.99. The number of para-hydroxylation sites is 1. The minimum Gasteiger partial charge on any atom is -0.378 e. The molecule has 0 aliphatic carbocycles. The highest BCUT2D eigenvalue weighted by Crippen LogP contribution is 2.31. The van der Waals surface area contributed by atoms with E-state index in [1.807, 2.05) is 0 Å². The highest BCUT2D eigenvalue weighted by Gasteiger charge is 2.36. The van der Waals surface area contributed by atoms with Gasteiger partial charge in [0.2, 0.25) is 0 Å². The third-order valence-electron chi connectivity index (χ3n) is 3.39. The lowest BCUT2D eigenvalue weighted by Gasteiger charge is -2.23. The van der Waals surface area contributed by atoms with Crippen LogP contribution in [0.3, 0.4) is 0 Å². The van der Waals surface area contributed by atoms with E-state index in [1.165, 1.54) is 23.1 Å². The van der Waals surface area contributed by atoms with Crippen LogP contribution in [0, 0.1) is 0 Å². The van der Waals surface area contributed by atoms with Gasteiger partial charge in [-0.3, -0.25) is 0 Å². The topological polar surface area (TPSA) is 64.1 Å². The normalized spacial score (nSPS) is 15.7. The quantitative estimate of drug-likeness (QED) is 0.576. The lowest BCUT2D eigenvalue weighted by molar-refractivity contribution is -0.661. The molecule has 1 aromatic carbocycles. The van der Waals surface area contributed by atoms with Gasteiger partial charge in [-0.1, -0.05) is 12.1 Å². The number of amides is 1. The molecule has 1 amide bonds. The summed E-state index contributed by atoms with van der Waals surface area (Å²) < 4.78 is 46.1. The maximum Gasteiger partial charge on any atom is 0.420 e. The van der Waals surface area contributed by atoms with Crippen LogP contribution < -0.4 is 4.68 Å². The van der Waals surface area contributed by atoms with Gasteiger partial charge in [-0.2, -0.15) is 13.2 Å². The summed E-state index contributed by atoms with van der Waals surface area (Å²) in [6, 6.07) is 4.51. The predicted molar refractivity (Wildman–Crippen MR) is 69.7 cm³/mol. The molecule has 10 heteroatoms. The Morgan fingerprint density at radius 2 is 1.91 bits per heavy atom. The molecule has 122 valence electrons. The average molecular weight is 328 g/mol. The van der Waals surface area contributed by atoms with Gasteiger partial charge in [-0.15, -0.1) is 4.68 Å². The molecule has 0 unspecified atom stereocenters. The van der Waals surface area contributed by atoms with E-state index in [2.05, 4.69) is 10.4 Å². The molecule has 2 aromatic rings. The number of tetrazole rings is 1. The molecule has 0 spiro atoms. The summed E-state index contributed by atoms with van der Waals surface area (Å²) in [7, 11) is 0. The first kappa shape index (κ1) is 15.4. The number of rotatable bonds is 1. The Labute approximate surface area is 128 Å². The fraction of sp³-hybridized carbons (Fsp3) is 0.385. The number of morpholine rings is 1. The third kappa shape index (κ3) is 3.16. The summed E-state index contributed by atoms with van der Waals surface area (Å²) in [6.07, 6.45) is -3.40. The van der Waals surface area contributed by atoms with Gasteiger partial charge in [0.25, 0.3) is 6.33 Å². The van der Waals surface area contributed by atoms with Crippen LogP contribution in [-0.4, -0.2) is 52.3 Å². The van der Waals surface area contributed by atoms with Gasteiger partial charge in [-0.05, 0) is 16.8 Å². The first-order chi connectivity index (χ1) is 11.0. The Bertz CT molecular complexity index is 710. The first-order valence-corrected chi connectivity index (χ1v) is 6.85. The maximum absolute atomic E-state index is 13.0. The Balaban J connectivity index is 1.89. The smallest absolute Gasteiger partial charge is 0.378 e. The zero-order valence-corrected chi connectivity index (χ0v) is 11.9. The Morgan fingerprint density at radius 1 is 1.22 bits per heavy atom. The van der Waals surface area contributed by atoms with Crippen molar-refractivity contribution >= 4 is 6.03 Å². The Morgan fingerprint density at radius 3 is 2.61 bits per heavy atom. The van der Waals surface area contributed by atoms with Gasteiger partial charge in [0.1, 0.15) is 10.9 Å². The molecular weight excluding hydrogens is 315 g/mol. The van der Waals surface area contributed by atoms with E-state index in [0.29, 0.717) is 26.3 Å². The lowest BCUT2D eigenvalue weighted by Crippen LogP contribution is -2.43. The molecule has 0 N–H and O–H groups in total. The van der Waals surface area contributed by atoms with Crippen molar-refractivity contribution in [3.63, 3.8) is 0 Å². The monoisotopic (exact) mass is 328 g/mol. The van der Waals surface area contributed by atoms with E-state index in [0.717, 1.165) is 21.8 Å². The first-order valence-electron chi connectivity index (χ1n) is 6.85. The molecule has 0 atom stereocenters. The zero-order chi connectivity index (χ0) is 16.4. The average Bonchev–Trinajstić information content (AvgIpc) is 3.04. The number of carbonyl (C=O) groups is 1. The molecule has 1 aliphatic heterocycles. The number of halogens is 3. The number of nitrogens with zero attached hydrogens (tertiary/aromatic N) is 5. The van der Waals surface area contributed by atoms with Gasteiger partial charge in [-0.25, -0.2) is 4.79 Å². The summed E-state index contributed by atoms with van der Waals surface area (Å²) in [5, 5.41) is 7.25. The molecule has 23 heavy (non-hydrogen) atoms. The molecule has 3 rings (SSSR count). The van der Waals surface area contributed by atoms with E-state index in [4.69, 9.17) is 4.74 Å². The minimum absolute atomic E-state index is 0.193. The predicted octanol–water partition coefficient (Wildman–Crippen LogP) is 0.874. The van der Waals surface area contributed by atoms with Crippen molar-refractivity contribution in [2.75, 3.05) is 26.3 Å². The number of hydrogen-bond acceptors (Lipinski definition) is 4. The molecule has 1 fully saturated rings. The molecule has 0 saturated carbocycles. The SMILES string of the molecule is O=C(N1CCOCC1)n1c[n+](-c2ccccc2C(F)(F)F)nn1. The third-order valence-corrected chi connectivity index (χ3v) is 3.39. The van der Waals surface area contributed by atoms with E-state index >= 15 is 0 Å². The molecule has 2 heterocycles. The standard InChI is InChI=1S/C13H13F3N5O2/c14-13(15,16)10-3-1-2-4-11(10)20-9-21(18-17-20)12(22)19-5-7-23-8-6-19/h1-4,9H,5-8H2/q+1. The molecule has 0 radical (unpaired) electrons. The zero-order valence-electron chi connectivity index (χ0n) is 11.9. The van der Waals surface area contributed by atoms with Crippen molar-refractivity contribution in [1.82, 2.24) is 20.0 Å². The fourth-order valence-corrected chi connectivity index (χ4v) is 2.25. The summed E-state index contributed by atoms with van der Waals surface area (Å²) in [4.78, 5) is 13.7. The molecule has 1 saturated heterocycles. The van der Waals surface area contributed by atoms with Crippen molar-refractivity contribution in [3.8, 4) is 5.69 Å². The van der Waals surface area contributed by atoms with Crippen LogP contribution in [0.1, 0.15) is 5.56 Å². The van der Waals surface area contributed by atoms with Crippen LogP contribution in [0.4, 0.5) is 18.0 Å². The van der Waals surface area contributed by atoms with Gasteiger partial charge in [0.05, 0.1) is 18.8 Å². The van der Waals surface area contributed by atoms with Gasteiger partial charge in [0, 0.05) is 13.1 Å². The number of ether oxygens (including phenoxy) is 1. The van der Waals surface area contributed by atoms with E-state index < -0.39 is 17.8 Å². The van der Waals surface area contributed by atoms with Crippen molar-refractivity contribution in [3.05, 3.63) is 36.2 Å². The van der Waals surface area contributed by atoms with Crippen LogP contribution in [0.5, 0.6) is 0 Å². The van der Waals surface area contributed by atoms with Crippen molar-refractivity contribution in [2.45, 2.75) is 6.18 Å². The molecule has 1 aliphatic rings. The van der Waals surface area contributed by atoms with Gasteiger partial charge >= 0.3 is 12.2 Å². The second-order valence-electron chi connectivity index (χ2n) is 4.88. The van der Waals surface area contributed by atoms with Crippen molar-refractivity contribution in [1.29, 1.82) is 0 Å². The number of hydrogen-bond donors (Lipinski definition) is 0. The number of aromatic nitrogens is 4. The van der Waals surface area contributed by atoms with Crippen LogP contribution in [-0.2, 0) is 10.9 Å². The summed E-state index contributed by atoms with van der Waals surface area (Å²) in [5.41, 5.74) is -1.04. The van der Waals surface area contributed by atoms with Crippen LogP contribution >= 0.6 is 0 Å². The maximum atomic E-state index is 13.0. The Hall–Kier alpha value is -2.49. The van der Waals surface area contributed by atoms with Crippen LogP contribution in [0.25, 0.3) is 5.69 Å². The summed E-state index contributed by atoms with van der Waals surface area (Å²) in [5.74, 6) is 0. The van der Waals surface area contributed by atoms with Gasteiger partial charge < -0.3 is 9.64 Å². The minimum atomic E-state index is -4.53. The van der Waals surface area contributed by atoms with E-state index in [9.17, 15) is 18.0 Å². The second-order valence-corrected chi connectivity index (χ2v) is 4.88. The summed E-state index contributed by atoms with van der Waals surface area (Å²) >= 11 is 0. The van der Waals surface area contributed by atoms with E-state index in [1.54, 1.807) is 0 Å². The highest BCUT2D eigenvalue weighted by atomic mass is 19.4. The molecular formula is C13H13F3N5O2+. The lowest BCUT2D eigenvalue weighted by atomic mass is 10.2. The fourth-order valence-electron chi connectivity index (χ4n) is 2.25. The number of alkyl halides is 3. The second kappa shape index (κ2) is 5.95. The molecule has 1 aromatic heterocycles. The largest absolute Gasteiger partial charge is 0.420 e. The molecule has 0 bridgehead atoms. The van der Waals surface area contributed by atoms with E-state index in [-0.39, 0.29) is 5.69 Å². The van der Waals surface area contributed by atoms with Gasteiger partial charge in [0.15, 0.2) is 5.21 Å². The van der Waals surface area contributed by atoms with Crippen molar-refractivity contribution in [2.24, 2.45) is 0 Å². The number of benzene rings is 1. The highest BCUT2D eigenvalue weighted by molar-refractivity contribution is 5.75. The van der Waals surface area contributed by atoms with Crippen LogP contribution in [0.15, 0.2) is 30.6 Å². The number of carbonyl (C=O) groups excluding carboxylic acids is 1. The van der Waals surface area contributed by atoms with Crippen LogP contribution in [0.2, 0.25) is 0 Å².